The minimum absolute atomic E-state index is 0.0411. The third-order valence-corrected chi connectivity index (χ3v) is 3.48. The van der Waals surface area contributed by atoms with Gasteiger partial charge in [0.1, 0.15) is 0 Å². The van der Waals surface area contributed by atoms with Crippen LogP contribution in [0.3, 0.4) is 0 Å². The van der Waals surface area contributed by atoms with Gasteiger partial charge in [-0.25, -0.2) is 0 Å². The van der Waals surface area contributed by atoms with E-state index in [0.717, 1.165) is 49.4 Å². The molecule has 20 heavy (non-hydrogen) atoms. The number of morpholine rings is 1. The van der Waals surface area contributed by atoms with Crippen LogP contribution in [0, 0.1) is 0 Å². The van der Waals surface area contributed by atoms with Crippen molar-refractivity contribution in [3.05, 3.63) is 24.4 Å². The van der Waals surface area contributed by atoms with E-state index in [-0.39, 0.29) is 5.91 Å². The summed E-state index contributed by atoms with van der Waals surface area (Å²) >= 11 is 0. The molecule has 1 aliphatic rings. The number of hydrogen-bond donors (Lipinski definition) is 2. The molecule has 0 radical (unpaired) electrons. The first kappa shape index (κ1) is 13.1. The van der Waals surface area contributed by atoms with E-state index in [0.29, 0.717) is 6.42 Å². The molecule has 2 N–H and O–H groups in total. The normalized spacial score (nSPS) is 16.4. The van der Waals surface area contributed by atoms with Crippen LogP contribution < -0.4 is 5.32 Å². The zero-order chi connectivity index (χ0) is 13.8. The number of aromatic nitrogens is 2. The molecule has 0 unspecified atom stereocenters. The van der Waals surface area contributed by atoms with Crippen molar-refractivity contribution in [2.45, 2.75) is 6.42 Å². The monoisotopic (exact) mass is 274 g/mol. The van der Waals surface area contributed by atoms with Gasteiger partial charge in [0.25, 0.3) is 0 Å². The molecule has 0 aliphatic carbocycles. The van der Waals surface area contributed by atoms with Gasteiger partial charge in [-0.05, 0) is 18.2 Å². The average molecular weight is 274 g/mol. The van der Waals surface area contributed by atoms with Gasteiger partial charge in [-0.3, -0.25) is 14.8 Å². The molecule has 1 aromatic heterocycles. The summed E-state index contributed by atoms with van der Waals surface area (Å²) < 4.78 is 5.28. The fourth-order valence-electron chi connectivity index (χ4n) is 2.33. The molecule has 1 aliphatic heterocycles. The molecule has 6 nitrogen and oxygen atoms in total. The minimum atomic E-state index is 0.0411. The van der Waals surface area contributed by atoms with Gasteiger partial charge in [-0.15, -0.1) is 0 Å². The van der Waals surface area contributed by atoms with E-state index >= 15 is 0 Å². The molecule has 3 rings (SSSR count). The van der Waals surface area contributed by atoms with Gasteiger partial charge in [0, 0.05) is 37.1 Å². The molecule has 106 valence electrons. The first-order valence-corrected chi connectivity index (χ1v) is 6.84. The van der Waals surface area contributed by atoms with Crippen LogP contribution >= 0.6 is 0 Å². The SMILES string of the molecule is O=C(CCN1CCOCC1)Nc1ccc2[nH]ncc2c1. The summed E-state index contributed by atoms with van der Waals surface area (Å²) in [6.07, 6.45) is 2.25. The van der Waals surface area contributed by atoms with E-state index in [9.17, 15) is 4.79 Å². The highest BCUT2D eigenvalue weighted by molar-refractivity contribution is 5.93. The number of aromatic amines is 1. The molecule has 0 atom stereocenters. The van der Waals surface area contributed by atoms with Gasteiger partial charge in [-0.2, -0.15) is 5.10 Å². The van der Waals surface area contributed by atoms with Gasteiger partial charge >= 0.3 is 0 Å². The van der Waals surface area contributed by atoms with Crippen molar-refractivity contribution in [3.63, 3.8) is 0 Å². The molecule has 2 heterocycles. The molecule has 1 saturated heterocycles. The lowest BCUT2D eigenvalue weighted by Crippen LogP contribution is -2.38. The minimum Gasteiger partial charge on any atom is -0.379 e. The third kappa shape index (κ3) is 3.15. The van der Waals surface area contributed by atoms with Gasteiger partial charge in [0.2, 0.25) is 5.91 Å². The lowest BCUT2D eigenvalue weighted by Gasteiger charge is -2.26. The zero-order valence-corrected chi connectivity index (χ0v) is 11.3. The van der Waals surface area contributed by atoms with Crippen molar-refractivity contribution in [2.75, 3.05) is 38.2 Å². The van der Waals surface area contributed by atoms with E-state index in [1.54, 1.807) is 6.20 Å². The smallest absolute Gasteiger partial charge is 0.225 e. The van der Waals surface area contributed by atoms with Crippen LogP contribution in [-0.2, 0) is 9.53 Å². The van der Waals surface area contributed by atoms with Crippen LogP contribution in [0.25, 0.3) is 10.9 Å². The average Bonchev–Trinajstić information content (AvgIpc) is 2.94. The predicted octanol–water partition coefficient (Wildman–Crippen LogP) is 1.22. The number of fused-ring (bicyclic) bond motifs is 1. The number of nitrogens with one attached hydrogen (secondary N) is 2. The maximum absolute atomic E-state index is 11.9. The number of carbonyl (C=O) groups excluding carboxylic acids is 1. The second kappa shape index (κ2) is 6.02. The quantitative estimate of drug-likeness (QED) is 0.879. The molecular formula is C14H18N4O2. The van der Waals surface area contributed by atoms with E-state index in [1.807, 2.05) is 18.2 Å². The fourth-order valence-corrected chi connectivity index (χ4v) is 2.33. The Hall–Kier alpha value is -1.92. The van der Waals surface area contributed by atoms with Crippen LogP contribution in [-0.4, -0.2) is 53.9 Å². The zero-order valence-electron chi connectivity index (χ0n) is 11.3. The number of rotatable bonds is 4. The van der Waals surface area contributed by atoms with Gasteiger partial charge in [0.15, 0.2) is 0 Å². The number of benzene rings is 1. The van der Waals surface area contributed by atoms with Gasteiger partial charge in [-0.1, -0.05) is 0 Å². The van der Waals surface area contributed by atoms with Crippen LogP contribution in [0.4, 0.5) is 5.69 Å². The van der Waals surface area contributed by atoms with Crippen LogP contribution in [0.1, 0.15) is 6.42 Å². The topological polar surface area (TPSA) is 70.2 Å². The van der Waals surface area contributed by atoms with Crippen molar-refractivity contribution < 1.29 is 9.53 Å². The van der Waals surface area contributed by atoms with Crippen molar-refractivity contribution in [3.8, 4) is 0 Å². The summed E-state index contributed by atoms with van der Waals surface area (Å²) in [4.78, 5) is 14.2. The Balaban J connectivity index is 1.52. The van der Waals surface area contributed by atoms with Crippen LogP contribution in [0.2, 0.25) is 0 Å². The Morgan fingerprint density at radius 2 is 2.25 bits per heavy atom. The lowest BCUT2D eigenvalue weighted by atomic mass is 10.2. The summed E-state index contributed by atoms with van der Waals surface area (Å²) in [5.41, 5.74) is 1.78. The molecule has 1 aromatic carbocycles. The third-order valence-electron chi connectivity index (χ3n) is 3.48. The molecule has 1 fully saturated rings. The first-order valence-electron chi connectivity index (χ1n) is 6.84. The Morgan fingerprint density at radius 3 is 3.10 bits per heavy atom. The maximum Gasteiger partial charge on any atom is 0.225 e. The number of hydrogen-bond acceptors (Lipinski definition) is 4. The highest BCUT2D eigenvalue weighted by Crippen LogP contribution is 2.16. The largest absolute Gasteiger partial charge is 0.379 e. The van der Waals surface area contributed by atoms with Crippen LogP contribution in [0.5, 0.6) is 0 Å². The number of ether oxygens (including phenoxy) is 1. The van der Waals surface area contributed by atoms with Crippen molar-refractivity contribution >= 4 is 22.5 Å². The van der Waals surface area contributed by atoms with E-state index in [1.165, 1.54) is 0 Å². The molecule has 0 saturated carbocycles. The van der Waals surface area contributed by atoms with E-state index < -0.39 is 0 Å². The second-order valence-corrected chi connectivity index (χ2v) is 4.92. The first-order chi connectivity index (χ1) is 9.81. The van der Waals surface area contributed by atoms with Crippen LogP contribution in [0.15, 0.2) is 24.4 Å². The standard InChI is InChI=1S/C14H18N4O2/c19-14(3-4-18-5-7-20-8-6-18)16-12-1-2-13-11(9-12)10-15-17-13/h1-2,9-10H,3-8H2,(H,15,17)(H,16,19). The lowest BCUT2D eigenvalue weighted by molar-refractivity contribution is -0.116. The summed E-state index contributed by atoms with van der Waals surface area (Å²) in [5.74, 6) is 0.0411. The highest BCUT2D eigenvalue weighted by atomic mass is 16.5. The fraction of sp³-hybridized carbons (Fsp3) is 0.429. The van der Waals surface area contributed by atoms with Gasteiger partial charge < -0.3 is 10.1 Å². The van der Waals surface area contributed by atoms with E-state index in [4.69, 9.17) is 4.74 Å². The summed E-state index contributed by atoms with van der Waals surface area (Å²) in [6, 6.07) is 5.72. The van der Waals surface area contributed by atoms with Gasteiger partial charge in [0.05, 0.1) is 24.9 Å². The van der Waals surface area contributed by atoms with Crippen molar-refractivity contribution in [1.29, 1.82) is 0 Å². The Kier molecular flexibility index (Phi) is 3.94. The summed E-state index contributed by atoms with van der Waals surface area (Å²) in [5, 5.41) is 10.8. The summed E-state index contributed by atoms with van der Waals surface area (Å²) in [6.45, 7) is 4.13. The molecular weight excluding hydrogens is 256 g/mol. The molecule has 0 bridgehead atoms. The number of carbonyl (C=O) groups is 1. The second-order valence-electron chi connectivity index (χ2n) is 4.92. The number of H-pyrrole nitrogens is 1. The number of amides is 1. The Bertz CT molecular complexity index is 590. The number of anilines is 1. The Morgan fingerprint density at radius 1 is 1.40 bits per heavy atom. The molecule has 6 heteroatoms. The highest BCUT2D eigenvalue weighted by Gasteiger charge is 2.12. The predicted molar refractivity (Wildman–Crippen MR) is 76.6 cm³/mol. The van der Waals surface area contributed by atoms with E-state index in [2.05, 4.69) is 20.4 Å². The Labute approximate surface area is 117 Å². The molecule has 2 aromatic rings. The molecule has 0 spiro atoms. The molecule has 1 amide bonds. The number of nitrogens with zero attached hydrogens (tertiary/aromatic N) is 2. The summed E-state index contributed by atoms with van der Waals surface area (Å²) in [7, 11) is 0. The van der Waals surface area contributed by atoms with Crippen molar-refractivity contribution in [1.82, 2.24) is 15.1 Å². The maximum atomic E-state index is 11.9. The van der Waals surface area contributed by atoms with Crippen molar-refractivity contribution in [2.24, 2.45) is 0 Å².